The van der Waals surface area contributed by atoms with Crippen molar-refractivity contribution in [3.8, 4) is 0 Å². The van der Waals surface area contributed by atoms with E-state index in [1.165, 1.54) is 39.2 Å². The van der Waals surface area contributed by atoms with Crippen LogP contribution in [0.15, 0.2) is 0 Å². The maximum absolute atomic E-state index is 10.9. The summed E-state index contributed by atoms with van der Waals surface area (Å²) >= 11 is 0. The number of ether oxygens (including phenoxy) is 1. The fourth-order valence-electron chi connectivity index (χ4n) is 1.53. The van der Waals surface area contributed by atoms with E-state index in [1.54, 1.807) is 0 Å². The second-order valence-electron chi connectivity index (χ2n) is 4.07. The first-order chi connectivity index (χ1) is 6.70. The van der Waals surface area contributed by atoms with Gasteiger partial charge in [-0.1, -0.05) is 46.0 Å². The van der Waals surface area contributed by atoms with Crippen LogP contribution in [0.4, 0.5) is 0 Å². The molecule has 0 aromatic heterocycles. The third kappa shape index (κ3) is 8.09. The molecular formula is C12H24O2. The molecule has 2 heteroatoms. The van der Waals surface area contributed by atoms with Crippen molar-refractivity contribution in [2.45, 2.75) is 58.8 Å². The predicted octanol–water partition coefficient (Wildman–Crippen LogP) is 3.55. The molecule has 0 aliphatic rings. The zero-order valence-corrected chi connectivity index (χ0v) is 9.84. The van der Waals surface area contributed by atoms with E-state index >= 15 is 0 Å². The maximum Gasteiger partial charge on any atom is 0.305 e. The normalized spacial score (nSPS) is 12.5. The van der Waals surface area contributed by atoms with Crippen LogP contribution in [0, 0.1) is 5.92 Å². The molecule has 84 valence electrons. The lowest BCUT2D eigenvalue weighted by Crippen LogP contribution is -2.03. The molecule has 0 amide bonds. The summed E-state index contributed by atoms with van der Waals surface area (Å²) in [6, 6.07) is 0. The minimum Gasteiger partial charge on any atom is -0.469 e. The van der Waals surface area contributed by atoms with Crippen molar-refractivity contribution in [1.29, 1.82) is 0 Å². The molecule has 1 unspecified atom stereocenters. The van der Waals surface area contributed by atoms with Crippen molar-refractivity contribution in [2.24, 2.45) is 5.92 Å². The number of methoxy groups -OCH3 is 1. The van der Waals surface area contributed by atoms with Gasteiger partial charge in [0.25, 0.3) is 0 Å². The van der Waals surface area contributed by atoms with Gasteiger partial charge >= 0.3 is 5.97 Å². The molecule has 14 heavy (non-hydrogen) atoms. The zero-order valence-electron chi connectivity index (χ0n) is 9.84. The molecule has 0 rings (SSSR count). The van der Waals surface area contributed by atoms with Crippen LogP contribution in [0.25, 0.3) is 0 Å². The van der Waals surface area contributed by atoms with Gasteiger partial charge in [0.15, 0.2) is 0 Å². The average Bonchev–Trinajstić information content (AvgIpc) is 2.21. The van der Waals surface area contributed by atoms with Crippen molar-refractivity contribution >= 4 is 5.97 Å². The Hall–Kier alpha value is -0.530. The van der Waals surface area contributed by atoms with Crippen LogP contribution < -0.4 is 0 Å². The van der Waals surface area contributed by atoms with E-state index < -0.39 is 0 Å². The van der Waals surface area contributed by atoms with Crippen LogP contribution in [-0.4, -0.2) is 13.1 Å². The number of unbranched alkanes of at least 4 members (excludes halogenated alkanes) is 3. The zero-order chi connectivity index (χ0) is 10.8. The van der Waals surface area contributed by atoms with E-state index in [2.05, 4.69) is 18.6 Å². The highest BCUT2D eigenvalue weighted by molar-refractivity contribution is 5.69. The van der Waals surface area contributed by atoms with E-state index in [9.17, 15) is 4.79 Å². The van der Waals surface area contributed by atoms with E-state index in [0.717, 1.165) is 6.42 Å². The highest BCUT2D eigenvalue weighted by atomic mass is 16.5. The third-order valence-corrected chi connectivity index (χ3v) is 2.62. The summed E-state index contributed by atoms with van der Waals surface area (Å²) in [7, 11) is 1.45. The third-order valence-electron chi connectivity index (χ3n) is 2.62. The Kier molecular flexibility index (Phi) is 8.70. The molecule has 0 bridgehead atoms. The molecule has 0 saturated carbocycles. The lowest BCUT2D eigenvalue weighted by molar-refractivity contribution is -0.140. The Morgan fingerprint density at radius 2 is 1.93 bits per heavy atom. The number of esters is 1. The molecule has 0 saturated heterocycles. The molecule has 0 fully saturated rings. The minimum absolute atomic E-state index is 0.0783. The van der Waals surface area contributed by atoms with E-state index in [4.69, 9.17) is 0 Å². The van der Waals surface area contributed by atoms with Crippen LogP contribution in [-0.2, 0) is 9.53 Å². The Labute approximate surface area is 88.0 Å². The van der Waals surface area contributed by atoms with Crippen molar-refractivity contribution in [1.82, 2.24) is 0 Å². The van der Waals surface area contributed by atoms with E-state index in [0.29, 0.717) is 12.3 Å². The molecular weight excluding hydrogens is 176 g/mol. The Morgan fingerprint density at radius 1 is 1.21 bits per heavy atom. The first-order valence-electron chi connectivity index (χ1n) is 5.77. The molecule has 0 radical (unpaired) electrons. The first kappa shape index (κ1) is 13.5. The van der Waals surface area contributed by atoms with Gasteiger partial charge in [0, 0.05) is 6.42 Å². The van der Waals surface area contributed by atoms with Gasteiger partial charge in [-0.25, -0.2) is 0 Å². The smallest absolute Gasteiger partial charge is 0.305 e. The van der Waals surface area contributed by atoms with Crippen LogP contribution >= 0.6 is 0 Å². The Bertz CT molecular complexity index is 143. The lowest BCUT2D eigenvalue weighted by Gasteiger charge is -2.09. The monoisotopic (exact) mass is 200 g/mol. The van der Waals surface area contributed by atoms with E-state index in [-0.39, 0.29) is 5.97 Å². The van der Waals surface area contributed by atoms with Crippen LogP contribution in [0.2, 0.25) is 0 Å². The Morgan fingerprint density at radius 3 is 2.50 bits per heavy atom. The quantitative estimate of drug-likeness (QED) is 0.442. The van der Waals surface area contributed by atoms with Gasteiger partial charge in [0.05, 0.1) is 7.11 Å². The standard InChI is InChI=1S/C12H24O2/c1-4-5-6-7-8-11(2)9-10-12(13)14-3/h11H,4-10H2,1-3H3. The number of carbonyl (C=O) groups is 1. The number of hydrogen-bond acceptors (Lipinski definition) is 2. The second-order valence-corrected chi connectivity index (χ2v) is 4.07. The molecule has 0 aromatic rings. The molecule has 0 spiro atoms. The number of hydrogen-bond donors (Lipinski definition) is 0. The van der Waals surface area contributed by atoms with Crippen molar-refractivity contribution in [3.05, 3.63) is 0 Å². The average molecular weight is 200 g/mol. The highest BCUT2D eigenvalue weighted by Gasteiger charge is 2.06. The summed E-state index contributed by atoms with van der Waals surface area (Å²) < 4.78 is 4.60. The fraction of sp³-hybridized carbons (Fsp3) is 0.917. The topological polar surface area (TPSA) is 26.3 Å². The van der Waals surface area contributed by atoms with Gasteiger partial charge < -0.3 is 4.74 Å². The van der Waals surface area contributed by atoms with Crippen LogP contribution in [0.5, 0.6) is 0 Å². The SMILES string of the molecule is CCCCCCC(C)CCC(=O)OC. The minimum atomic E-state index is -0.0783. The largest absolute Gasteiger partial charge is 0.469 e. The number of rotatable bonds is 8. The molecule has 0 aliphatic carbocycles. The fourth-order valence-corrected chi connectivity index (χ4v) is 1.53. The number of carbonyl (C=O) groups excluding carboxylic acids is 1. The van der Waals surface area contributed by atoms with Gasteiger partial charge in [-0.2, -0.15) is 0 Å². The summed E-state index contributed by atoms with van der Waals surface area (Å²) in [6.45, 7) is 4.44. The van der Waals surface area contributed by atoms with Crippen molar-refractivity contribution in [3.63, 3.8) is 0 Å². The molecule has 0 aromatic carbocycles. The second kappa shape index (κ2) is 9.04. The van der Waals surface area contributed by atoms with Crippen LogP contribution in [0.3, 0.4) is 0 Å². The Balaban J connectivity index is 3.27. The first-order valence-corrected chi connectivity index (χ1v) is 5.77. The molecule has 0 aliphatic heterocycles. The van der Waals surface area contributed by atoms with Crippen LogP contribution in [0.1, 0.15) is 58.8 Å². The van der Waals surface area contributed by atoms with Crippen molar-refractivity contribution < 1.29 is 9.53 Å². The lowest BCUT2D eigenvalue weighted by atomic mass is 9.98. The summed E-state index contributed by atoms with van der Waals surface area (Å²) in [5, 5.41) is 0. The summed E-state index contributed by atoms with van der Waals surface area (Å²) in [5.74, 6) is 0.580. The molecule has 1 atom stereocenters. The van der Waals surface area contributed by atoms with Gasteiger partial charge in [-0.05, 0) is 12.3 Å². The maximum atomic E-state index is 10.9. The van der Waals surface area contributed by atoms with Gasteiger partial charge in [0.2, 0.25) is 0 Å². The molecule has 2 nitrogen and oxygen atoms in total. The molecule has 0 heterocycles. The summed E-state index contributed by atoms with van der Waals surface area (Å²) in [5.41, 5.74) is 0. The van der Waals surface area contributed by atoms with E-state index in [1.807, 2.05) is 0 Å². The highest BCUT2D eigenvalue weighted by Crippen LogP contribution is 2.15. The van der Waals surface area contributed by atoms with Gasteiger partial charge in [-0.3, -0.25) is 4.79 Å². The summed E-state index contributed by atoms with van der Waals surface area (Å²) in [6.07, 6.45) is 8.05. The van der Waals surface area contributed by atoms with Gasteiger partial charge in [0.1, 0.15) is 0 Å². The molecule has 0 N–H and O–H groups in total. The van der Waals surface area contributed by atoms with Crippen molar-refractivity contribution in [2.75, 3.05) is 7.11 Å². The summed E-state index contributed by atoms with van der Waals surface area (Å²) in [4.78, 5) is 10.9. The predicted molar refractivity (Wildman–Crippen MR) is 59.2 cm³/mol. The van der Waals surface area contributed by atoms with Gasteiger partial charge in [-0.15, -0.1) is 0 Å².